The van der Waals surface area contributed by atoms with Crippen LogP contribution in [0.15, 0.2) is 29.0 Å². The molecule has 0 radical (unpaired) electrons. The summed E-state index contributed by atoms with van der Waals surface area (Å²) in [6.07, 6.45) is 4.61. The Kier molecular flexibility index (Phi) is 2.66. The van der Waals surface area contributed by atoms with Crippen molar-refractivity contribution in [2.24, 2.45) is 0 Å². The van der Waals surface area contributed by atoms with Crippen molar-refractivity contribution in [2.45, 2.75) is 18.8 Å². The molecule has 1 atom stereocenters. The van der Waals surface area contributed by atoms with E-state index in [1.165, 1.54) is 0 Å². The highest BCUT2D eigenvalue weighted by molar-refractivity contribution is 9.10. The van der Waals surface area contributed by atoms with E-state index < -0.39 is 0 Å². The van der Waals surface area contributed by atoms with Gasteiger partial charge in [-0.05, 0) is 34.5 Å². The number of piperidine rings is 1. The second-order valence-electron chi connectivity index (χ2n) is 4.28. The largest absolute Gasteiger partial charge is 0.306 e. The zero-order chi connectivity index (χ0) is 12.7. The zero-order valence-electron chi connectivity index (χ0n) is 9.39. The SMILES string of the molecule is O=C1CCC(c2cn3cc(Br)ccc3n2)C(=O)N1. The van der Waals surface area contributed by atoms with Crippen LogP contribution in [0.1, 0.15) is 24.5 Å². The number of aromatic nitrogens is 2. The molecule has 3 rings (SSSR count). The number of nitrogens with zero attached hydrogens (tertiary/aromatic N) is 2. The van der Waals surface area contributed by atoms with Gasteiger partial charge in [-0.1, -0.05) is 0 Å². The monoisotopic (exact) mass is 307 g/mol. The smallest absolute Gasteiger partial charge is 0.235 e. The van der Waals surface area contributed by atoms with Crippen molar-refractivity contribution >= 4 is 33.4 Å². The summed E-state index contributed by atoms with van der Waals surface area (Å²) in [7, 11) is 0. The number of amides is 2. The van der Waals surface area contributed by atoms with Crippen molar-refractivity contribution in [3.63, 3.8) is 0 Å². The Morgan fingerprint density at radius 2 is 2.17 bits per heavy atom. The number of pyridine rings is 1. The van der Waals surface area contributed by atoms with E-state index in [0.717, 1.165) is 10.1 Å². The normalized spacial score (nSPS) is 20.2. The van der Waals surface area contributed by atoms with Crippen LogP contribution in [0.3, 0.4) is 0 Å². The predicted octanol–water partition coefficient (Wildman–Crippen LogP) is 1.62. The van der Waals surface area contributed by atoms with Crippen molar-refractivity contribution < 1.29 is 9.59 Å². The van der Waals surface area contributed by atoms with E-state index in [1.54, 1.807) is 0 Å². The molecule has 1 N–H and O–H groups in total. The first-order chi connectivity index (χ1) is 8.63. The summed E-state index contributed by atoms with van der Waals surface area (Å²) >= 11 is 3.38. The molecule has 0 aliphatic carbocycles. The van der Waals surface area contributed by atoms with Gasteiger partial charge in [0.1, 0.15) is 5.65 Å². The van der Waals surface area contributed by atoms with Crippen molar-refractivity contribution in [3.05, 3.63) is 34.7 Å². The van der Waals surface area contributed by atoms with Crippen molar-refractivity contribution in [1.29, 1.82) is 0 Å². The maximum Gasteiger partial charge on any atom is 0.235 e. The highest BCUT2D eigenvalue weighted by atomic mass is 79.9. The van der Waals surface area contributed by atoms with Gasteiger partial charge in [0.15, 0.2) is 0 Å². The van der Waals surface area contributed by atoms with Gasteiger partial charge < -0.3 is 4.40 Å². The second-order valence-corrected chi connectivity index (χ2v) is 5.20. The molecule has 0 spiro atoms. The van der Waals surface area contributed by atoms with E-state index in [4.69, 9.17) is 0 Å². The number of halogens is 1. The van der Waals surface area contributed by atoms with Crippen LogP contribution < -0.4 is 5.32 Å². The first-order valence-electron chi connectivity index (χ1n) is 5.61. The molecular formula is C12H10BrN3O2. The summed E-state index contributed by atoms with van der Waals surface area (Å²) in [5.74, 6) is -0.794. The predicted molar refractivity (Wildman–Crippen MR) is 68.0 cm³/mol. The molecule has 1 aliphatic rings. The molecule has 18 heavy (non-hydrogen) atoms. The van der Waals surface area contributed by atoms with Crippen LogP contribution in [0.4, 0.5) is 0 Å². The topological polar surface area (TPSA) is 63.5 Å². The van der Waals surface area contributed by atoms with Gasteiger partial charge in [-0.2, -0.15) is 0 Å². The number of hydrogen-bond donors (Lipinski definition) is 1. The number of imidazole rings is 1. The molecule has 1 unspecified atom stereocenters. The molecule has 1 saturated heterocycles. The van der Waals surface area contributed by atoms with Crippen LogP contribution in [-0.2, 0) is 9.59 Å². The summed E-state index contributed by atoms with van der Waals surface area (Å²) < 4.78 is 2.81. The second kappa shape index (κ2) is 4.20. The van der Waals surface area contributed by atoms with Gasteiger partial charge in [0.05, 0.1) is 11.6 Å². The molecule has 3 heterocycles. The molecular weight excluding hydrogens is 298 g/mol. The van der Waals surface area contributed by atoms with Gasteiger partial charge >= 0.3 is 0 Å². The zero-order valence-corrected chi connectivity index (χ0v) is 11.0. The van der Waals surface area contributed by atoms with E-state index in [1.807, 2.05) is 28.9 Å². The first kappa shape index (κ1) is 11.4. The lowest BCUT2D eigenvalue weighted by atomic mass is 9.95. The number of hydrogen-bond acceptors (Lipinski definition) is 3. The third kappa shape index (κ3) is 1.92. The third-order valence-electron chi connectivity index (χ3n) is 3.03. The Balaban J connectivity index is 1.99. The summed E-state index contributed by atoms with van der Waals surface area (Å²) in [6, 6.07) is 3.77. The van der Waals surface area contributed by atoms with Gasteiger partial charge in [0.25, 0.3) is 0 Å². The van der Waals surface area contributed by atoms with Crippen LogP contribution in [0.5, 0.6) is 0 Å². The summed E-state index contributed by atoms with van der Waals surface area (Å²) in [4.78, 5) is 27.3. The number of rotatable bonds is 1. The van der Waals surface area contributed by atoms with Gasteiger partial charge in [0.2, 0.25) is 11.8 Å². The number of carbonyl (C=O) groups excluding carboxylic acids is 2. The maximum atomic E-state index is 11.8. The Hall–Kier alpha value is -1.69. The molecule has 0 saturated carbocycles. The van der Waals surface area contributed by atoms with Crippen molar-refractivity contribution in [3.8, 4) is 0 Å². The fourth-order valence-electron chi connectivity index (χ4n) is 2.13. The van der Waals surface area contributed by atoms with Gasteiger partial charge in [0, 0.05) is 23.3 Å². The lowest BCUT2D eigenvalue weighted by molar-refractivity contribution is -0.134. The van der Waals surface area contributed by atoms with Gasteiger partial charge in [-0.3, -0.25) is 14.9 Å². The maximum absolute atomic E-state index is 11.8. The molecule has 1 fully saturated rings. The average Bonchev–Trinajstić information content (AvgIpc) is 2.71. The molecule has 6 heteroatoms. The molecule has 0 bridgehead atoms. The average molecular weight is 308 g/mol. The lowest BCUT2D eigenvalue weighted by Gasteiger charge is -2.18. The van der Waals surface area contributed by atoms with Gasteiger partial charge in [-0.25, -0.2) is 4.98 Å². The number of carbonyl (C=O) groups is 2. The van der Waals surface area contributed by atoms with Crippen LogP contribution >= 0.6 is 15.9 Å². The molecule has 2 aromatic heterocycles. The minimum absolute atomic E-state index is 0.206. The molecule has 0 aromatic carbocycles. The van der Waals surface area contributed by atoms with Gasteiger partial charge in [-0.15, -0.1) is 0 Å². The third-order valence-corrected chi connectivity index (χ3v) is 3.50. The Morgan fingerprint density at radius 1 is 1.33 bits per heavy atom. The van der Waals surface area contributed by atoms with E-state index in [9.17, 15) is 9.59 Å². The van der Waals surface area contributed by atoms with Crippen molar-refractivity contribution in [2.75, 3.05) is 0 Å². The lowest BCUT2D eigenvalue weighted by Crippen LogP contribution is -2.39. The standard InChI is InChI=1S/C12H10BrN3O2/c13-7-1-3-10-14-9(6-16(10)5-7)8-2-4-11(17)15-12(8)18/h1,3,5-6,8H,2,4H2,(H,15,17,18). The first-order valence-corrected chi connectivity index (χ1v) is 6.40. The van der Waals surface area contributed by atoms with E-state index in [0.29, 0.717) is 18.5 Å². The molecule has 5 nitrogen and oxygen atoms in total. The van der Waals surface area contributed by atoms with Crippen LogP contribution in [0.25, 0.3) is 5.65 Å². The molecule has 2 amide bonds. The quantitative estimate of drug-likeness (QED) is 0.814. The van der Waals surface area contributed by atoms with E-state index in [2.05, 4.69) is 26.2 Å². The summed E-state index contributed by atoms with van der Waals surface area (Å²) in [6.45, 7) is 0. The highest BCUT2D eigenvalue weighted by Gasteiger charge is 2.29. The highest BCUT2D eigenvalue weighted by Crippen LogP contribution is 2.24. The minimum atomic E-state index is -0.332. The molecule has 92 valence electrons. The van der Waals surface area contributed by atoms with Crippen LogP contribution in [0, 0.1) is 0 Å². The molecule has 1 aliphatic heterocycles. The fraction of sp³-hybridized carbons (Fsp3) is 0.250. The number of fused-ring (bicyclic) bond motifs is 1. The fourth-order valence-corrected chi connectivity index (χ4v) is 2.48. The number of nitrogens with one attached hydrogen (secondary N) is 1. The van der Waals surface area contributed by atoms with E-state index in [-0.39, 0.29) is 17.7 Å². The minimum Gasteiger partial charge on any atom is -0.306 e. The number of imide groups is 1. The van der Waals surface area contributed by atoms with Crippen LogP contribution in [-0.4, -0.2) is 21.2 Å². The Morgan fingerprint density at radius 3 is 2.94 bits per heavy atom. The summed E-state index contributed by atoms with van der Waals surface area (Å²) in [5.41, 5.74) is 1.50. The Bertz CT molecular complexity index is 650. The Labute approximate surface area is 111 Å². The van der Waals surface area contributed by atoms with Crippen molar-refractivity contribution in [1.82, 2.24) is 14.7 Å². The van der Waals surface area contributed by atoms with Crippen LogP contribution in [0.2, 0.25) is 0 Å². The van der Waals surface area contributed by atoms with E-state index >= 15 is 0 Å². The molecule has 2 aromatic rings. The summed E-state index contributed by atoms with van der Waals surface area (Å²) in [5, 5.41) is 2.35.